The highest BCUT2D eigenvalue weighted by atomic mass is 16.5. The molecule has 0 heterocycles. The third-order valence-electron chi connectivity index (χ3n) is 3.98. The lowest BCUT2D eigenvalue weighted by molar-refractivity contribution is 0.229. The van der Waals surface area contributed by atoms with E-state index in [0.29, 0.717) is 0 Å². The molecule has 0 bridgehead atoms. The number of ether oxygens (including phenoxy) is 1. The van der Waals surface area contributed by atoms with Gasteiger partial charge in [0.05, 0.1) is 0 Å². The van der Waals surface area contributed by atoms with Gasteiger partial charge in [-0.2, -0.15) is 0 Å². The highest BCUT2D eigenvalue weighted by Gasteiger charge is 2.18. The van der Waals surface area contributed by atoms with E-state index >= 15 is 0 Å². The maximum Gasteiger partial charge on any atom is 0.120 e. The van der Waals surface area contributed by atoms with Crippen LogP contribution in [0.3, 0.4) is 0 Å². The van der Waals surface area contributed by atoms with Crippen molar-refractivity contribution in [3.63, 3.8) is 0 Å². The molecule has 2 N–H and O–H groups in total. The van der Waals surface area contributed by atoms with Crippen LogP contribution in [0.15, 0.2) is 30.4 Å². The van der Waals surface area contributed by atoms with E-state index in [9.17, 15) is 0 Å². The first kappa shape index (κ1) is 11.8. The summed E-state index contributed by atoms with van der Waals surface area (Å²) >= 11 is 0. The van der Waals surface area contributed by atoms with Crippen molar-refractivity contribution < 1.29 is 4.74 Å². The third-order valence-corrected chi connectivity index (χ3v) is 3.98. The van der Waals surface area contributed by atoms with Crippen molar-refractivity contribution in [3.8, 4) is 5.75 Å². The lowest BCUT2D eigenvalue weighted by Crippen LogP contribution is -2.19. The second-order valence-corrected chi connectivity index (χ2v) is 5.37. The Labute approximate surface area is 109 Å². The van der Waals surface area contributed by atoms with Crippen molar-refractivity contribution in [1.29, 1.82) is 0 Å². The molecule has 96 valence electrons. The van der Waals surface area contributed by atoms with Crippen LogP contribution in [-0.2, 0) is 6.42 Å². The van der Waals surface area contributed by atoms with Crippen LogP contribution in [-0.4, -0.2) is 6.10 Å². The predicted octanol–water partition coefficient (Wildman–Crippen LogP) is 3.51. The summed E-state index contributed by atoms with van der Waals surface area (Å²) in [5.74, 6) is 0.975. The summed E-state index contributed by atoms with van der Waals surface area (Å²) in [7, 11) is 0. The smallest absolute Gasteiger partial charge is 0.120 e. The zero-order valence-electron chi connectivity index (χ0n) is 10.8. The molecule has 1 aromatic rings. The van der Waals surface area contributed by atoms with E-state index in [0.717, 1.165) is 25.0 Å². The van der Waals surface area contributed by atoms with Crippen LogP contribution < -0.4 is 10.5 Å². The fraction of sp³-hybridized carbons (Fsp3) is 0.500. The van der Waals surface area contributed by atoms with Gasteiger partial charge in [0.2, 0.25) is 0 Å². The standard InChI is InChI=1S/C16H21NO/c17-16-8-4-5-12-9-10-14(11-15(12)16)18-13-6-2-1-3-7-13/h2,6,9-11,13,16H,1,3-5,7-8,17H2/t13?,16-/m0/s1. The molecule has 3 rings (SSSR count). The van der Waals surface area contributed by atoms with Crippen LogP contribution in [0.4, 0.5) is 0 Å². The molecule has 2 aliphatic rings. The van der Waals surface area contributed by atoms with Crippen molar-refractivity contribution in [2.24, 2.45) is 5.73 Å². The number of allylic oxidation sites excluding steroid dienone is 1. The molecule has 0 saturated carbocycles. The van der Waals surface area contributed by atoms with Gasteiger partial charge >= 0.3 is 0 Å². The van der Waals surface area contributed by atoms with E-state index in [-0.39, 0.29) is 12.1 Å². The zero-order chi connectivity index (χ0) is 12.4. The van der Waals surface area contributed by atoms with E-state index < -0.39 is 0 Å². The molecule has 2 heteroatoms. The van der Waals surface area contributed by atoms with E-state index in [4.69, 9.17) is 10.5 Å². The summed E-state index contributed by atoms with van der Waals surface area (Å²) in [5, 5.41) is 0. The molecule has 2 nitrogen and oxygen atoms in total. The largest absolute Gasteiger partial charge is 0.486 e. The van der Waals surface area contributed by atoms with Gasteiger partial charge in [-0.3, -0.25) is 0 Å². The lowest BCUT2D eigenvalue weighted by Gasteiger charge is -2.24. The monoisotopic (exact) mass is 243 g/mol. The van der Waals surface area contributed by atoms with Crippen LogP contribution >= 0.6 is 0 Å². The molecule has 0 spiro atoms. The molecule has 0 amide bonds. The minimum Gasteiger partial charge on any atom is -0.486 e. The van der Waals surface area contributed by atoms with Crippen molar-refractivity contribution >= 4 is 0 Å². The number of fused-ring (bicyclic) bond motifs is 1. The first-order chi connectivity index (χ1) is 8.83. The van der Waals surface area contributed by atoms with Crippen molar-refractivity contribution in [2.75, 3.05) is 0 Å². The summed E-state index contributed by atoms with van der Waals surface area (Å²) in [6.07, 6.45) is 11.7. The summed E-state index contributed by atoms with van der Waals surface area (Å²) in [6.45, 7) is 0. The lowest BCUT2D eigenvalue weighted by atomic mass is 9.88. The Morgan fingerprint density at radius 2 is 2.11 bits per heavy atom. The number of aryl methyl sites for hydroxylation is 1. The second kappa shape index (κ2) is 5.15. The van der Waals surface area contributed by atoms with Gasteiger partial charge in [-0.05, 0) is 67.9 Å². The SMILES string of the molecule is N[C@H]1CCCc2ccc(OC3C=CCCC3)cc21. The molecule has 0 radical (unpaired) electrons. The molecular formula is C16H21NO. The Morgan fingerprint density at radius 1 is 1.17 bits per heavy atom. The maximum atomic E-state index is 6.18. The summed E-state index contributed by atoms with van der Waals surface area (Å²) in [5.41, 5.74) is 8.87. The number of hydrogen-bond acceptors (Lipinski definition) is 2. The van der Waals surface area contributed by atoms with E-state index in [1.807, 2.05) is 0 Å². The Bertz CT molecular complexity index is 452. The highest BCUT2D eigenvalue weighted by Crippen LogP contribution is 2.31. The molecule has 0 saturated heterocycles. The predicted molar refractivity (Wildman–Crippen MR) is 73.7 cm³/mol. The number of benzene rings is 1. The molecule has 0 aromatic heterocycles. The minimum absolute atomic E-state index is 0.194. The van der Waals surface area contributed by atoms with Gasteiger partial charge in [-0.15, -0.1) is 0 Å². The highest BCUT2D eigenvalue weighted by molar-refractivity contribution is 5.39. The average molecular weight is 243 g/mol. The zero-order valence-corrected chi connectivity index (χ0v) is 10.8. The van der Waals surface area contributed by atoms with E-state index in [2.05, 4.69) is 30.4 Å². The van der Waals surface area contributed by atoms with Gasteiger partial charge in [0.15, 0.2) is 0 Å². The topological polar surface area (TPSA) is 35.2 Å². The summed E-state index contributed by atoms with van der Waals surface area (Å²) < 4.78 is 6.03. The van der Waals surface area contributed by atoms with Gasteiger partial charge in [-0.1, -0.05) is 12.1 Å². The number of hydrogen-bond donors (Lipinski definition) is 1. The average Bonchev–Trinajstić information content (AvgIpc) is 2.41. The van der Waals surface area contributed by atoms with Gasteiger partial charge in [0, 0.05) is 6.04 Å². The molecule has 18 heavy (non-hydrogen) atoms. The van der Waals surface area contributed by atoms with Crippen molar-refractivity contribution in [3.05, 3.63) is 41.5 Å². The van der Waals surface area contributed by atoms with Crippen LogP contribution in [0, 0.1) is 0 Å². The van der Waals surface area contributed by atoms with E-state index in [1.165, 1.54) is 30.4 Å². The Balaban J connectivity index is 1.78. The van der Waals surface area contributed by atoms with Gasteiger partial charge < -0.3 is 10.5 Å². The quantitative estimate of drug-likeness (QED) is 0.807. The Hall–Kier alpha value is -1.28. The normalized spacial score (nSPS) is 26.7. The van der Waals surface area contributed by atoms with Gasteiger partial charge in [-0.25, -0.2) is 0 Å². The second-order valence-electron chi connectivity index (χ2n) is 5.37. The Morgan fingerprint density at radius 3 is 2.94 bits per heavy atom. The fourth-order valence-corrected chi connectivity index (χ4v) is 2.94. The molecule has 2 aliphatic carbocycles. The Kier molecular flexibility index (Phi) is 3.37. The fourth-order valence-electron chi connectivity index (χ4n) is 2.94. The molecule has 2 atom stereocenters. The van der Waals surface area contributed by atoms with Crippen molar-refractivity contribution in [1.82, 2.24) is 0 Å². The third kappa shape index (κ3) is 2.44. The minimum atomic E-state index is 0.194. The van der Waals surface area contributed by atoms with Crippen molar-refractivity contribution in [2.45, 2.75) is 50.7 Å². The number of rotatable bonds is 2. The summed E-state index contributed by atoms with van der Waals surface area (Å²) in [4.78, 5) is 0. The van der Waals surface area contributed by atoms with E-state index in [1.54, 1.807) is 0 Å². The molecule has 0 fully saturated rings. The number of nitrogens with two attached hydrogens (primary N) is 1. The molecule has 1 aromatic carbocycles. The van der Waals surface area contributed by atoms with Crippen LogP contribution in [0.1, 0.15) is 49.3 Å². The summed E-state index contributed by atoms with van der Waals surface area (Å²) in [6, 6.07) is 6.64. The molecule has 0 aliphatic heterocycles. The first-order valence-corrected chi connectivity index (χ1v) is 7.04. The molecular weight excluding hydrogens is 222 g/mol. The first-order valence-electron chi connectivity index (χ1n) is 7.04. The van der Waals surface area contributed by atoms with Gasteiger partial charge in [0.25, 0.3) is 0 Å². The molecule has 1 unspecified atom stereocenters. The van der Waals surface area contributed by atoms with Crippen LogP contribution in [0.25, 0.3) is 0 Å². The maximum absolute atomic E-state index is 6.18. The van der Waals surface area contributed by atoms with Gasteiger partial charge in [0.1, 0.15) is 11.9 Å². The van der Waals surface area contributed by atoms with Crippen LogP contribution in [0.5, 0.6) is 5.75 Å². The van der Waals surface area contributed by atoms with Crippen LogP contribution in [0.2, 0.25) is 0 Å².